The van der Waals surface area contributed by atoms with Gasteiger partial charge in [-0.25, -0.2) is 0 Å². The SMILES string of the molecule is COCCOc1cc(C)ccc1NC(=O)CCNC(C)C. The Morgan fingerprint density at radius 1 is 1.29 bits per heavy atom. The average Bonchev–Trinajstić information content (AvgIpc) is 2.41. The number of amides is 1. The summed E-state index contributed by atoms with van der Waals surface area (Å²) < 4.78 is 10.6. The molecule has 5 nitrogen and oxygen atoms in total. The van der Waals surface area contributed by atoms with Gasteiger partial charge < -0.3 is 20.1 Å². The molecule has 0 saturated heterocycles. The second-order valence-corrected chi connectivity index (χ2v) is 5.25. The van der Waals surface area contributed by atoms with Crippen LogP contribution in [0.5, 0.6) is 5.75 Å². The first-order chi connectivity index (χ1) is 10.0. The van der Waals surface area contributed by atoms with Crippen molar-refractivity contribution in [2.75, 3.05) is 32.2 Å². The molecule has 5 heteroatoms. The summed E-state index contributed by atoms with van der Waals surface area (Å²) in [6.07, 6.45) is 0.434. The molecule has 0 aliphatic carbocycles. The first-order valence-electron chi connectivity index (χ1n) is 7.28. The lowest BCUT2D eigenvalue weighted by atomic mass is 10.2. The van der Waals surface area contributed by atoms with E-state index in [0.717, 1.165) is 5.56 Å². The maximum absolute atomic E-state index is 11.9. The Kier molecular flexibility index (Phi) is 7.79. The normalized spacial score (nSPS) is 10.7. The highest BCUT2D eigenvalue weighted by Crippen LogP contribution is 2.25. The summed E-state index contributed by atoms with van der Waals surface area (Å²) in [5.74, 6) is 0.654. The fraction of sp³-hybridized carbons (Fsp3) is 0.562. The van der Waals surface area contributed by atoms with Crippen molar-refractivity contribution in [3.8, 4) is 5.75 Å². The summed E-state index contributed by atoms with van der Waals surface area (Å²) in [6.45, 7) is 7.73. The number of carbonyl (C=O) groups is 1. The van der Waals surface area contributed by atoms with E-state index in [1.165, 1.54) is 0 Å². The van der Waals surface area contributed by atoms with E-state index in [1.54, 1.807) is 7.11 Å². The van der Waals surface area contributed by atoms with E-state index in [2.05, 4.69) is 24.5 Å². The van der Waals surface area contributed by atoms with Crippen LogP contribution in [0.4, 0.5) is 5.69 Å². The number of hydrogen-bond acceptors (Lipinski definition) is 4. The van der Waals surface area contributed by atoms with E-state index in [1.807, 2.05) is 25.1 Å². The highest BCUT2D eigenvalue weighted by Gasteiger charge is 2.08. The molecular weight excluding hydrogens is 268 g/mol. The fourth-order valence-electron chi connectivity index (χ4n) is 1.77. The number of methoxy groups -OCH3 is 1. The third-order valence-corrected chi connectivity index (χ3v) is 2.86. The van der Waals surface area contributed by atoms with Crippen molar-refractivity contribution >= 4 is 11.6 Å². The molecule has 0 spiro atoms. The molecule has 0 radical (unpaired) electrons. The third-order valence-electron chi connectivity index (χ3n) is 2.86. The molecule has 0 aliphatic heterocycles. The van der Waals surface area contributed by atoms with Crippen LogP contribution in [0.25, 0.3) is 0 Å². The largest absolute Gasteiger partial charge is 0.489 e. The topological polar surface area (TPSA) is 59.6 Å². The van der Waals surface area contributed by atoms with Crippen LogP contribution in [0.3, 0.4) is 0 Å². The average molecular weight is 294 g/mol. The molecule has 0 atom stereocenters. The Balaban J connectivity index is 2.57. The van der Waals surface area contributed by atoms with Crippen LogP contribution in [-0.2, 0) is 9.53 Å². The highest BCUT2D eigenvalue weighted by molar-refractivity contribution is 5.92. The number of rotatable bonds is 9. The summed E-state index contributed by atoms with van der Waals surface area (Å²) in [5, 5.41) is 6.11. The Morgan fingerprint density at radius 2 is 2.05 bits per heavy atom. The zero-order valence-electron chi connectivity index (χ0n) is 13.4. The quantitative estimate of drug-likeness (QED) is 0.686. The second-order valence-electron chi connectivity index (χ2n) is 5.25. The Morgan fingerprint density at radius 3 is 2.71 bits per heavy atom. The Bertz CT molecular complexity index is 447. The van der Waals surface area contributed by atoms with Gasteiger partial charge in [-0.15, -0.1) is 0 Å². The third kappa shape index (κ3) is 7.11. The summed E-state index contributed by atoms with van der Waals surface area (Å²) in [6, 6.07) is 6.11. The van der Waals surface area contributed by atoms with Crippen molar-refractivity contribution in [3.05, 3.63) is 23.8 Å². The lowest BCUT2D eigenvalue weighted by Gasteiger charge is -2.14. The highest BCUT2D eigenvalue weighted by atomic mass is 16.5. The number of anilines is 1. The van der Waals surface area contributed by atoms with Gasteiger partial charge in [-0.2, -0.15) is 0 Å². The van der Waals surface area contributed by atoms with Crippen LogP contribution < -0.4 is 15.4 Å². The first-order valence-corrected chi connectivity index (χ1v) is 7.28. The minimum absolute atomic E-state index is 0.0244. The molecule has 0 aliphatic rings. The molecule has 0 saturated carbocycles. The van der Waals surface area contributed by atoms with Gasteiger partial charge in [0.15, 0.2) is 0 Å². The smallest absolute Gasteiger partial charge is 0.225 e. The van der Waals surface area contributed by atoms with Gasteiger partial charge in [-0.05, 0) is 24.6 Å². The molecule has 118 valence electrons. The molecule has 1 amide bonds. The van der Waals surface area contributed by atoms with Crippen molar-refractivity contribution in [2.24, 2.45) is 0 Å². The molecule has 0 unspecified atom stereocenters. The van der Waals surface area contributed by atoms with Gasteiger partial charge in [-0.1, -0.05) is 19.9 Å². The molecule has 0 fully saturated rings. The fourth-order valence-corrected chi connectivity index (χ4v) is 1.77. The van der Waals surface area contributed by atoms with Crippen LogP contribution in [0, 0.1) is 6.92 Å². The first kappa shape index (κ1) is 17.5. The Labute approximate surface area is 127 Å². The van der Waals surface area contributed by atoms with Crippen molar-refractivity contribution in [1.29, 1.82) is 0 Å². The molecule has 21 heavy (non-hydrogen) atoms. The standard InChI is InChI=1S/C16H26N2O3/c1-12(2)17-8-7-16(19)18-14-6-5-13(3)11-15(14)21-10-9-20-4/h5-6,11-12,17H,7-10H2,1-4H3,(H,18,19). The number of nitrogens with one attached hydrogen (secondary N) is 2. The number of aryl methyl sites for hydroxylation is 1. The van der Waals surface area contributed by atoms with Crippen molar-refractivity contribution in [3.63, 3.8) is 0 Å². The van der Waals surface area contributed by atoms with E-state index in [0.29, 0.717) is 43.7 Å². The van der Waals surface area contributed by atoms with Gasteiger partial charge in [0.05, 0.1) is 12.3 Å². The molecule has 1 aromatic rings. The zero-order valence-corrected chi connectivity index (χ0v) is 13.4. The van der Waals surface area contributed by atoms with E-state index >= 15 is 0 Å². The summed E-state index contributed by atoms with van der Waals surface area (Å²) >= 11 is 0. The predicted octanol–water partition coefficient (Wildman–Crippen LogP) is 2.35. The number of ether oxygens (including phenoxy) is 2. The van der Waals surface area contributed by atoms with Crippen molar-refractivity contribution < 1.29 is 14.3 Å². The summed E-state index contributed by atoms with van der Waals surface area (Å²) in [5.41, 5.74) is 1.79. The minimum atomic E-state index is -0.0244. The molecule has 0 aromatic heterocycles. The number of carbonyl (C=O) groups excluding carboxylic acids is 1. The molecule has 2 N–H and O–H groups in total. The maximum atomic E-state index is 11.9. The van der Waals surface area contributed by atoms with Crippen LogP contribution in [0.15, 0.2) is 18.2 Å². The molecule has 0 heterocycles. The molecule has 1 rings (SSSR count). The van der Waals surface area contributed by atoms with Crippen molar-refractivity contribution in [1.82, 2.24) is 5.32 Å². The van der Waals surface area contributed by atoms with Gasteiger partial charge in [-0.3, -0.25) is 4.79 Å². The lowest BCUT2D eigenvalue weighted by molar-refractivity contribution is -0.116. The maximum Gasteiger partial charge on any atom is 0.225 e. The predicted molar refractivity (Wildman–Crippen MR) is 84.9 cm³/mol. The van der Waals surface area contributed by atoms with Crippen molar-refractivity contribution in [2.45, 2.75) is 33.2 Å². The van der Waals surface area contributed by atoms with E-state index < -0.39 is 0 Å². The van der Waals surface area contributed by atoms with Crippen LogP contribution in [0.1, 0.15) is 25.8 Å². The van der Waals surface area contributed by atoms with Gasteiger partial charge in [0.1, 0.15) is 12.4 Å². The van der Waals surface area contributed by atoms with Crippen LogP contribution in [0.2, 0.25) is 0 Å². The summed E-state index contributed by atoms with van der Waals surface area (Å²) in [4.78, 5) is 11.9. The van der Waals surface area contributed by atoms with Gasteiger partial charge >= 0.3 is 0 Å². The van der Waals surface area contributed by atoms with E-state index in [-0.39, 0.29) is 5.91 Å². The van der Waals surface area contributed by atoms with Gasteiger partial charge in [0.25, 0.3) is 0 Å². The molecule has 1 aromatic carbocycles. The van der Waals surface area contributed by atoms with E-state index in [4.69, 9.17) is 9.47 Å². The van der Waals surface area contributed by atoms with Crippen LogP contribution >= 0.6 is 0 Å². The van der Waals surface area contributed by atoms with Crippen LogP contribution in [-0.4, -0.2) is 38.8 Å². The lowest BCUT2D eigenvalue weighted by Crippen LogP contribution is -2.27. The summed E-state index contributed by atoms with van der Waals surface area (Å²) in [7, 11) is 1.63. The zero-order chi connectivity index (χ0) is 15.7. The monoisotopic (exact) mass is 294 g/mol. The number of hydrogen-bond donors (Lipinski definition) is 2. The molecular formula is C16H26N2O3. The van der Waals surface area contributed by atoms with E-state index in [9.17, 15) is 4.79 Å². The minimum Gasteiger partial charge on any atom is -0.489 e. The Hall–Kier alpha value is -1.59. The van der Waals surface area contributed by atoms with Gasteiger partial charge in [0, 0.05) is 26.1 Å². The van der Waals surface area contributed by atoms with Gasteiger partial charge in [0.2, 0.25) is 5.91 Å². The second kappa shape index (κ2) is 9.37. The number of benzene rings is 1. The molecule has 0 bridgehead atoms.